The van der Waals surface area contributed by atoms with Crippen molar-refractivity contribution >= 4 is 17.4 Å². The van der Waals surface area contributed by atoms with Gasteiger partial charge >= 0.3 is 5.69 Å². The number of nitrogens with zero attached hydrogens (tertiary/aromatic N) is 3. The van der Waals surface area contributed by atoms with Gasteiger partial charge < -0.3 is 15.0 Å². The molecule has 2 aromatic carbocycles. The molecule has 0 aliphatic carbocycles. The zero-order chi connectivity index (χ0) is 20.9. The topological polar surface area (TPSA) is 79.8 Å². The highest BCUT2D eigenvalue weighted by molar-refractivity contribution is 7.99. The summed E-state index contributed by atoms with van der Waals surface area (Å²) in [5.74, 6) is 0.762. The summed E-state index contributed by atoms with van der Waals surface area (Å²) in [5, 5.41) is 9.74. The molecule has 4 rings (SSSR count). The summed E-state index contributed by atoms with van der Waals surface area (Å²) in [4.78, 5) is 14.2. The molecule has 1 fully saturated rings. The zero-order valence-corrected chi connectivity index (χ0v) is 18.1. The fourth-order valence-electron chi connectivity index (χ4n) is 3.54. The lowest BCUT2D eigenvalue weighted by Crippen LogP contribution is -2.82. The molecule has 7 nitrogen and oxygen atoms in total. The lowest BCUT2D eigenvalue weighted by Gasteiger charge is -2.14. The first-order chi connectivity index (χ1) is 14.6. The number of nitrogens with two attached hydrogens (primary N) is 1. The smallest absolute Gasteiger partial charge is 0.343 e. The summed E-state index contributed by atoms with van der Waals surface area (Å²) >= 11 is 1.57. The number of thioether (sulfide) groups is 1. The highest BCUT2D eigenvalue weighted by Crippen LogP contribution is 2.23. The van der Waals surface area contributed by atoms with Crippen LogP contribution in [0.5, 0.6) is 0 Å². The Morgan fingerprint density at radius 3 is 2.70 bits per heavy atom. The minimum absolute atomic E-state index is 0.0197. The summed E-state index contributed by atoms with van der Waals surface area (Å²) in [6.07, 6.45) is 0.932. The molecule has 1 aromatic heterocycles. The average Bonchev–Trinajstić information content (AvgIpc) is 3.38. The van der Waals surface area contributed by atoms with Crippen molar-refractivity contribution in [3.8, 4) is 0 Å². The van der Waals surface area contributed by atoms with Crippen molar-refractivity contribution < 1.29 is 10.1 Å². The van der Waals surface area contributed by atoms with Gasteiger partial charge in [0.2, 0.25) is 6.23 Å². The predicted octanol–water partition coefficient (Wildman–Crippen LogP) is 1.63. The molecule has 1 aliphatic rings. The lowest BCUT2D eigenvalue weighted by atomic mass is 10.1. The van der Waals surface area contributed by atoms with Crippen LogP contribution in [0.3, 0.4) is 0 Å². The number of ether oxygens (including phenoxy) is 1. The van der Waals surface area contributed by atoms with Gasteiger partial charge in [0, 0.05) is 37.6 Å². The van der Waals surface area contributed by atoms with Gasteiger partial charge in [-0.05, 0) is 36.2 Å². The molecular formula is C22H28N5O2S+. The van der Waals surface area contributed by atoms with Crippen molar-refractivity contribution in [1.29, 1.82) is 0 Å². The maximum Gasteiger partial charge on any atom is 0.343 e. The third-order valence-electron chi connectivity index (χ3n) is 5.28. The number of rotatable bonds is 8. The van der Waals surface area contributed by atoms with Gasteiger partial charge in [0.1, 0.15) is 12.6 Å². The van der Waals surface area contributed by atoms with E-state index in [1.807, 2.05) is 32.3 Å². The number of hydrogen-bond donors (Lipinski definition) is 2. The van der Waals surface area contributed by atoms with E-state index < -0.39 is 0 Å². The van der Waals surface area contributed by atoms with E-state index >= 15 is 0 Å². The van der Waals surface area contributed by atoms with Crippen molar-refractivity contribution in [2.24, 2.45) is 0 Å². The number of aromatic nitrogens is 3. The van der Waals surface area contributed by atoms with E-state index in [2.05, 4.69) is 56.8 Å². The lowest BCUT2D eigenvalue weighted by molar-refractivity contribution is -0.697. The molecule has 0 spiro atoms. The standard InChI is InChI=1S/C22H27N5O2S/c1-26(2)18-10-8-17(9-11-18)20-23-14-19(29-20)15-30-22-25-24-21(28)27(22)13-12-16-6-4-3-5-7-16/h3-11,19-20,23H,12-15H2,1-2H3,(H,24,28)/p+1/t19-,20+/m1/s1. The Bertz CT molecular complexity index is 1000. The fraction of sp³-hybridized carbons (Fsp3) is 0.364. The first kappa shape index (κ1) is 20.7. The highest BCUT2D eigenvalue weighted by atomic mass is 32.2. The molecule has 158 valence electrons. The third-order valence-corrected chi connectivity index (χ3v) is 6.39. The molecule has 3 N–H and O–H groups in total. The number of benzene rings is 2. The van der Waals surface area contributed by atoms with E-state index in [0.29, 0.717) is 6.54 Å². The number of aromatic amines is 1. The zero-order valence-electron chi connectivity index (χ0n) is 17.3. The molecule has 0 radical (unpaired) electrons. The molecule has 3 aromatic rings. The average molecular weight is 427 g/mol. The van der Waals surface area contributed by atoms with Crippen molar-refractivity contribution in [3.63, 3.8) is 0 Å². The Kier molecular flexibility index (Phi) is 6.56. The monoisotopic (exact) mass is 426 g/mol. The Balaban J connectivity index is 1.32. The predicted molar refractivity (Wildman–Crippen MR) is 119 cm³/mol. The van der Waals surface area contributed by atoms with Gasteiger partial charge in [-0.15, -0.1) is 5.10 Å². The summed E-state index contributed by atoms with van der Waals surface area (Å²) in [5.41, 5.74) is 3.40. The molecule has 0 unspecified atom stereocenters. The van der Waals surface area contributed by atoms with E-state index in [0.717, 1.165) is 23.9 Å². The maximum absolute atomic E-state index is 12.2. The van der Waals surface area contributed by atoms with Crippen LogP contribution in [0.1, 0.15) is 17.4 Å². The SMILES string of the molecule is CN(C)c1ccc([C@H]2[NH2+]C[C@H](CSc3n[nH]c(=O)n3CCc3ccccc3)O2)cc1. The van der Waals surface area contributed by atoms with E-state index in [4.69, 9.17) is 4.74 Å². The third kappa shape index (κ3) is 4.95. The Morgan fingerprint density at radius 1 is 1.20 bits per heavy atom. The van der Waals surface area contributed by atoms with Gasteiger partial charge in [-0.25, -0.2) is 9.89 Å². The molecular weight excluding hydrogens is 398 g/mol. The number of hydrogen-bond acceptors (Lipinski definition) is 5. The Hall–Kier alpha value is -2.55. The highest BCUT2D eigenvalue weighted by Gasteiger charge is 2.30. The molecule has 0 saturated carbocycles. The van der Waals surface area contributed by atoms with Crippen LogP contribution in [0.2, 0.25) is 0 Å². The normalized spacial score (nSPS) is 18.6. The van der Waals surface area contributed by atoms with Crippen LogP contribution < -0.4 is 15.9 Å². The van der Waals surface area contributed by atoms with Crippen molar-refractivity contribution in [2.75, 3.05) is 31.3 Å². The van der Waals surface area contributed by atoms with Gasteiger partial charge in [0.25, 0.3) is 0 Å². The fourth-order valence-corrected chi connectivity index (χ4v) is 4.53. The minimum atomic E-state index is -0.161. The van der Waals surface area contributed by atoms with Crippen LogP contribution in [0.15, 0.2) is 64.5 Å². The molecule has 1 aliphatic heterocycles. The first-order valence-electron chi connectivity index (χ1n) is 10.2. The van der Waals surface area contributed by atoms with Gasteiger partial charge in [-0.2, -0.15) is 0 Å². The number of aryl methyl sites for hydroxylation is 1. The van der Waals surface area contributed by atoms with Gasteiger partial charge in [0.05, 0.1) is 0 Å². The van der Waals surface area contributed by atoms with Gasteiger partial charge in [-0.3, -0.25) is 4.57 Å². The largest absolute Gasteiger partial charge is 0.378 e. The van der Waals surface area contributed by atoms with Crippen LogP contribution in [0.4, 0.5) is 5.69 Å². The van der Waals surface area contributed by atoms with E-state index in [1.165, 1.54) is 16.8 Å². The second-order valence-electron chi connectivity index (χ2n) is 7.65. The molecule has 8 heteroatoms. The van der Waals surface area contributed by atoms with Crippen LogP contribution in [-0.4, -0.2) is 47.3 Å². The van der Waals surface area contributed by atoms with Crippen molar-refractivity contribution in [1.82, 2.24) is 14.8 Å². The van der Waals surface area contributed by atoms with E-state index in [9.17, 15) is 4.79 Å². The number of anilines is 1. The summed E-state index contributed by atoms with van der Waals surface area (Å²) in [6, 6.07) is 18.7. The molecule has 30 heavy (non-hydrogen) atoms. The summed E-state index contributed by atoms with van der Waals surface area (Å²) in [7, 11) is 4.07. The Labute approximate surface area is 180 Å². The van der Waals surface area contributed by atoms with Crippen LogP contribution >= 0.6 is 11.8 Å². The molecule has 2 atom stereocenters. The quantitative estimate of drug-likeness (QED) is 0.535. The Morgan fingerprint density at radius 2 is 1.97 bits per heavy atom. The summed E-state index contributed by atoms with van der Waals surface area (Å²) < 4.78 is 7.95. The molecule has 0 bridgehead atoms. The number of nitrogens with one attached hydrogen (secondary N) is 1. The van der Waals surface area contributed by atoms with Crippen LogP contribution in [-0.2, 0) is 17.7 Å². The first-order valence-corrected chi connectivity index (χ1v) is 11.2. The van der Waals surface area contributed by atoms with Crippen LogP contribution in [0, 0.1) is 0 Å². The summed E-state index contributed by atoms with van der Waals surface area (Å²) in [6.45, 7) is 1.51. The number of quaternary nitrogens is 1. The minimum Gasteiger partial charge on any atom is -0.378 e. The molecule has 2 heterocycles. The van der Waals surface area contributed by atoms with Crippen molar-refractivity contribution in [2.45, 2.75) is 30.5 Å². The van der Waals surface area contributed by atoms with Gasteiger partial charge in [-0.1, -0.05) is 42.1 Å². The van der Waals surface area contributed by atoms with Crippen molar-refractivity contribution in [3.05, 3.63) is 76.2 Å². The van der Waals surface area contributed by atoms with Crippen LogP contribution in [0.25, 0.3) is 0 Å². The van der Waals surface area contributed by atoms with Gasteiger partial charge in [0.15, 0.2) is 5.16 Å². The number of H-pyrrole nitrogens is 1. The molecule has 1 saturated heterocycles. The van der Waals surface area contributed by atoms with E-state index in [-0.39, 0.29) is 18.0 Å². The second-order valence-corrected chi connectivity index (χ2v) is 8.63. The maximum atomic E-state index is 12.2. The van der Waals surface area contributed by atoms with E-state index in [1.54, 1.807) is 16.3 Å². The second kappa shape index (κ2) is 9.51. The molecule has 0 amide bonds.